The molecule has 5 aliphatic rings. The summed E-state index contributed by atoms with van der Waals surface area (Å²) in [6, 6.07) is 26.3. The molecule has 7 heterocycles. The van der Waals surface area contributed by atoms with Crippen molar-refractivity contribution in [3.8, 4) is 40.2 Å². The van der Waals surface area contributed by atoms with Crippen LogP contribution in [0.5, 0.6) is 40.2 Å². The van der Waals surface area contributed by atoms with Crippen LogP contribution in [0.1, 0.15) is 88.1 Å². The molecule has 0 radical (unpaired) electrons. The highest BCUT2D eigenvalue weighted by Gasteiger charge is 2.45. The Morgan fingerprint density at radius 2 is 1.21 bits per heavy atom. The van der Waals surface area contributed by atoms with Crippen molar-refractivity contribution in [2.45, 2.75) is 115 Å². The maximum absolute atomic E-state index is 14.2. The number of carbonyl (C=O) groups excluding carboxylic acids is 3. The van der Waals surface area contributed by atoms with E-state index in [0.29, 0.717) is 89.0 Å². The molecule has 482 valence electrons. The summed E-state index contributed by atoms with van der Waals surface area (Å²) in [5.74, 6) is -0.335. The van der Waals surface area contributed by atoms with Crippen molar-refractivity contribution >= 4 is 74.6 Å². The highest BCUT2D eigenvalue weighted by atomic mass is 32.3. The smallest absolute Gasteiger partial charge is 0.493 e. The van der Waals surface area contributed by atoms with Crippen LogP contribution in [0.2, 0.25) is 0 Å². The van der Waals surface area contributed by atoms with Crippen molar-refractivity contribution in [1.29, 1.82) is 0 Å². The number of methoxy groups -OCH3 is 2. The van der Waals surface area contributed by atoms with Crippen molar-refractivity contribution < 1.29 is 84.5 Å². The van der Waals surface area contributed by atoms with Crippen LogP contribution in [0.3, 0.4) is 0 Å². The van der Waals surface area contributed by atoms with Gasteiger partial charge < -0.3 is 76.8 Å². The van der Waals surface area contributed by atoms with E-state index in [1.165, 1.54) is 48.2 Å². The summed E-state index contributed by atoms with van der Waals surface area (Å²) in [5.41, 5.74) is 7.34. The van der Waals surface area contributed by atoms with Gasteiger partial charge in [0.2, 0.25) is 6.29 Å². The Morgan fingerprint density at radius 1 is 0.663 bits per heavy atom. The molecule has 0 saturated carbocycles. The lowest BCUT2D eigenvalue weighted by atomic mass is 9.99. The van der Waals surface area contributed by atoms with Crippen LogP contribution in [0.15, 0.2) is 118 Å². The molecule has 1 saturated heterocycles. The zero-order valence-corrected chi connectivity index (χ0v) is 53.5. The standard InChI is InChI=1S/C66H68N6O17S3/c1-36(2)69-63(77)41-9-12-51(86-66-62(76)61(75)60(74)57(33-73)87-66)56(20-41)89-92(80,81)88-46-10-7-37(8-11-46)31-72(3,4)32-38-17-39(34-84-54-25-49-47(23-52(54)82-5)64(78)70-29-42-13-15-90-58(42)21-44(70)27-67-49)19-40(18-38)35-85-55-26-50-48(24-53(55)83-6)65(79)71-30-43-14-16-91-59(43)22-45(71)28-68-50/h7-20,23-28,36,44-45,57,60-62,66,73-76H,21-22,29-35H2,1-6H3/p+1/t44-,45-,57+,60-,61-,62+,66?/m0/s1. The van der Waals surface area contributed by atoms with Crippen molar-refractivity contribution in [2.75, 3.05) is 34.9 Å². The minimum absolute atomic E-state index is 0.0185. The lowest BCUT2D eigenvalue weighted by molar-refractivity contribution is -0.916. The van der Waals surface area contributed by atoms with Crippen LogP contribution in [-0.2, 0) is 67.4 Å². The lowest BCUT2D eigenvalue weighted by Crippen LogP contribution is -2.60. The summed E-state index contributed by atoms with van der Waals surface area (Å²) in [6.07, 6.45) is -3.35. The number of fused-ring (bicyclic) bond motifs is 6. The lowest BCUT2D eigenvalue weighted by Gasteiger charge is -2.39. The molecule has 0 spiro atoms. The number of hydrogen-bond acceptors (Lipinski definition) is 21. The Hall–Kier alpha value is -8.44. The number of hydrogen-bond donors (Lipinski definition) is 5. The number of nitrogens with one attached hydrogen (secondary N) is 1. The molecule has 5 aromatic carbocycles. The Morgan fingerprint density at radius 3 is 1.74 bits per heavy atom. The molecule has 26 heteroatoms. The van der Waals surface area contributed by atoms with E-state index >= 15 is 0 Å². The van der Waals surface area contributed by atoms with Gasteiger partial charge in [0.15, 0.2) is 34.5 Å². The third kappa shape index (κ3) is 13.7. The highest BCUT2D eigenvalue weighted by molar-refractivity contribution is 7.82. The second-order valence-corrected chi connectivity index (χ2v) is 27.2. The molecule has 7 aromatic rings. The van der Waals surface area contributed by atoms with E-state index in [1.54, 1.807) is 72.9 Å². The van der Waals surface area contributed by atoms with E-state index in [9.17, 15) is 43.2 Å². The third-order valence-electron chi connectivity index (χ3n) is 16.4. The highest BCUT2D eigenvalue weighted by Crippen LogP contribution is 2.42. The molecule has 0 bridgehead atoms. The maximum atomic E-state index is 14.2. The predicted octanol–water partition coefficient (Wildman–Crippen LogP) is 7.35. The average molecular weight is 1310 g/mol. The van der Waals surface area contributed by atoms with Gasteiger partial charge in [0, 0.05) is 83.0 Å². The molecule has 12 rings (SSSR count). The topological polar surface area (TPSA) is 283 Å². The van der Waals surface area contributed by atoms with Gasteiger partial charge in [-0.05, 0) is 132 Å². The van der Waals surface area contributed by atoms with Gasteiger partial charge in [0.1, 0.15) is 56.5 Å². The van der Waals surface area contributed by atoms with Crippen molar-refractivity contribution in [3.05, 3.63) is 168 Å². The zero-order chi connectivity index (χ0) is 64.8. The summed E-state index contributed by atoms with van der Waals surface area (Å²) in [7, 11) is 2.17. The Kier molecular flexibility index (Phi) is 18.2. The van der Waals surface area contributed by atoms with Gasteiger partial charge in [-0.1, -0.05) is 0 Å². The quantitative estimate of drug-likeness (QED) is 0.0440. The van der Waals surface area contributed by atoms with Gasteiger partial charge >= 0.3 is 10.4 Å². The van der Waals surface area contributed by atoms with E-state index in [4.69, 9.17) is 46.8 Å². The molecule has 7 atom stereocenters. The first-order chi connectivity index (χ1) is 44.1. The molecule has 2 aromatic heterocycles. The van der Waals surface area contributed by atoms with Crippen LogP contribution >= 0.6 is 22.7 Å². The number of benzene rings is 5. The van der Waals surface area contributed by atoms with E-state index in [1.807, 2.05) is 54.5 Å². The molecule has 23 nitrogen and oxygen atoms in total. The predicted molar refractivity (Wildman–Crippen MR) is 340 cm³/mol. The molecule has 1 fully saturated rings. The Labute approximate surface area is 539 Å². The summed E-state index contributed by atoms with van der Waals surface area (Å²) in [4.78, 5) is 57.2. The van der Waals surface area contributed by atoms with E-state index < -0.39 is 59.4 Å². The molecule has 1 unspecified atom stereocenters. The van der Waals surface area contributed by atoms with Gasteiger partial charge in [-0.15, -0.1) is 31.1 Å². The first-order valence-electron chi connectivity index (χ1n) is 29.7. The largest absolute Gasteiger partial charge is 0.501 e. The van der Waals surface area contributed by atoms with Crippen LogP contribution in [0, 0.1) is 0 Å². The van der Waals surface area contributed by atoms with Crippen LogP contribution in [0.25, 0.3) is 0 Å². The van der Waals surface area contributed by atoms with Crippen molar-refractivity contribution in [1.82, 2.24) is 15.1 Å². The number of amides is 3. The number of aliphatic hydroxyl groups is 4. The summed E-state index contributed by atoms with van der Waals surface area (Å²) >= 11 is 3.37. The maximum Gasteiger partial charge on any atom is 0.501 e. The van der Waals surface area contributed by atoms with E-state index in [-0.39, 0.29) is 60.2 Å². The van der Waals surface area contributed by atoms with Gasteiger partial charge in [-0.2, -0.15) is 0 Å². The van der Waals surface area contributed by atoms with Crippen molar-refractivity contribution in [3.63, 3.8) is 0 Å². The number of thiophene rings is 2. The van der Waals surface area contributed by atoms with E-state index in [2.05, 4.69) is 28.2 Å². The SMILES string of the molecule is COc1cc2c(cc1OCc1cc(COc3cc4c(cc3OC)C(=O)N3Cc5ccsc5C[C@H]3C=N4)cc(C[N+](C)(C)Cc3ccc(OS(=O)(=O)Oc4cc(C(=O)NC(C)C)ccc4OC4O[C@H](CO)[C@H](O)[C@H](O)[C@H]4O)cc3)c1)N=C[C@@H]1Cc3sccc3CN1C2=O. The molecular weight excluding hydrogens is 1240 g/mol. The minimum Gasteiger partial charge on any atom is -0.493 e. The zero-order valence-electron chi connectivity index (χ0n) is 51.1. The number of rotatable bonds is 21. The summed E-state index contributed by atoms with van der Waals surface area (Å²) in [6.45, 7) is 4.80. The molecule has 5 N–H and O–H groups in total. The minimum atomic E-state index is -4.98. The number of nitrogens with zero attached hydrogens (tertiary/aromatic N) is 5. The Balaban J connectivity index is 0.776. The molecule has 92 heavy (non-hydrogen) atoms. The fourth-order valence-corrected chi connectivity index (χ4v) is 14.6. The van der Waals surface area contributed by atoms with Gasteiger partial charge in [0.25, 0.3) is 17.7 Å². The van der Waals surface area contributed by atoms with Crippen LogP contribution < -0.4 is 37.4 Å². The average Bonchev–Trinajstić information content (AvgIpc) is 1.60. The first kappa shape index (κ1) is 63.7. The number of aliphatic imine (C=N–C) groups is 2. The first-order valence-corrected chi connectivity index (χ1v) is 32.8. The molecule has 0 aliphatic carbocycles. The molecule has 3 amide bonds. The second-order valence-electron chi connectivity index (χ2n) is 24.1. The molecule has 5 aliphatic heterocycles. The van der Waals surface area contributed by atoms with Crippen molar-refractivity contribution in [2.24, 2.45) is 9.98 Å². The fourth-order valence-electron chi connectivity index (χ4n) is 11.9. The second kappa shape index (κ2) is 26.3. The molecular formula is C66H69N6O17S3+. The number of carbonyl (C=O) groups is 3. The summed E-state index contributed by atoms with van der Waals surface area (Å²) < 4.78 is 74.6. The number of ether oxygens (including phenoxy) is 6. The third-order valence-corrected chi connectivity index (χ3v) is 19.2. The van der Waals surface area contributed by atoms with Gasteiger partial charge in [-0.3, -0.25) is 24.4 Å². The van der Waals surface area contributed by atoms with Gasteiger partial charge in [-0.25, -0.2) is 0 Å². The monoisotopic (exact) mass is 1310 g/mol. The number of aliphatic hydroxyl groups excluding tert-OH is 4. The number of quaternary nitrogens is 1. The van der Waals surface area contributed by atoms with Gasteiger partial charge in [0.05, 0.1) is 69.5 Å². The van der Waals surface area contributed by atoms with E-state index in [0.717, 1.165) is 39.4 Å². The fraction of sp³-hybridized carbons (Fsp3) is 0.348. The van der Waals surface area contributed by atoms with Crippen LogP contribution in [0.4, 0.5) is 11.4 Å². The summed E-state index contributed by atoms with van der Waals surface area (Å²) in [5, 5.41) is 47.9. The Bertz CT molecular complexity index is 3970. The normalized spacial score (nSPS) is 20.8. The van der Waals surface area contributed by atoms with Crippen LogP contribution in [-0.4, -0.2) is 157 Å².